The van der Waals surface area contributed by atoms with E-state index in [1.807, 2.05) is 19.1 Å². The monoisotopic (exact) mass is 508 g/mol. The average Bonchev–Trinajstić information content (AvgIpc) is 2.95. The molecule has 1 unspecified atom stereocenters. The Morgan fingerprint density at radius 1 is 0.806 bits per heavy atom. The lowest BCUT2D eigenvalue weighted by atomic mass is 9.98. The summed E-state index contributed by atoms with van der Waals surface area (Å²) in [4.78, 5) is 0. The molecule has 0 spiro atoms. The predicted octanol–water partition coefficient (Wildman–Crippen LogP) is 8.60. The van der Waals surface area contributed by atoms with Crippen LogP contribution in [0.3, 0.4) is 0 Å². The summed E-state index contributed by atoms with van der Waals surface area (Å²) < 4.78 is 118. The Labute approximate surface area is 200 Å². The molecule has 1 atom stereocenters. The molecule has 1 nitrogen and oxygen atoms in total. The number of halogens is 8. The van der Waals surface area contributed by atoms with Gasteiger partial charge in [0.1, 0.15) is 29.1 Å². The molecule has 0 N–H and O–H groups in total. The van der Waals surface area contributed by atoms with Crippen molar-refractivity contribution in [2.75, 3.05) is 0 Å². The van der Waals surface area contributed by atoms with Crippen molar-refractivity contribution in [2.45, 2.75) is 19.5 Å². The van der Waals surface area contributed by atoms with Crippen LogP contribution in [-0.4, -0.2) is 6.11 Å². The molecule has 186 valence electrons. The number of aryl methyl sites for hydroxylation is 1. The molecule has 0 saturated carbocycles. The first kappa shape index (κ1) is 25.3. The fraction of sp³-hybridized carbons (Fsp3) is 0.148. The molecule has 0 aromatic heterocycles. The van der Waals surface area contributed by atoms with E-state index >= 15 is 0 Å². The lowest BCUT2D eigenvalue weighted by Crippen LogP contribution is -2.35. The zero-order valence-corrected chi connectivity index (χ0v) is 18.5. The van der Waals surface area contributed by atoms with Crippen LogP contribution in [0.5, 0.6) is 5.75 Å². The maximum atomic E-state index is 14.9. The second-order valence-electron chi connectivity index (χ2n) is 8.15. The standard InChI is InChI=1S/C27H16F8O/c1-14-2-4-15(5-3-14)16-6-7-20(22(29)9-16)17-8-18(28)11-21(23(30)10-17)27(34,35)36-19-12-24(31)26(33)25(32)13-19/h2-7,9-10,12-13,21H,11H2,1H3. The highest BCUT2D eigenvalue weighted by Crippen LogP contribution is 2.41. The van der Waals surface area contributed by atoms with Crippen LogP contribution in [0, 0.1) is 36.1 Å². The maximum Gasteiger partial charge on any atom is 0.407 e. The van der Waals surface area contributed by atoms with Gasteiger partial charge in [0.25, 0.3) is 0 Å². The summed E-state index contributed by atoms with van der Waals surface area (Å²) in [7, 11) is 0. The Morgan fingerprint density at radius 2 is 1.42 bits per heavy atom. The van der Waals surface area contributed by atoms with Crippen molar-refractivity contribution >= 4 is 5.57 Å². The van der Waals surface area contributed by atoms with E-state index < -0.39 is 64.7 Å². The normalized spacial score (nSPS) is 16.1. The number of rotatable bonds is 5. The van der Waals surface area contributed by atoms with Gasteiger partial charge in [0, 0.05) is 29.7 Å². The van der Waals surface area contributed by atoms with Gasteiger partial charge < -0.3 is 4.74 Å². The smallest absolute Gasteiger partial charge is 0.407 e. The lowest BCUT2D eigenvalue weighted by molar-refractivity contribution is -0.210. The summed E-state index contributed by atoms with van der Waals surface area (Å²) in [5.41, 5.74) is 3.49. The third-order valence-corrected chi connectivity index (χ3v) is 5.53. The molecule has 0 aliphatic heterocycles. The van der Waals surface area contributed by atoms with Crippen LogP contribution in [0.4, 0.5) is 35.1 Å². The Hall–Kier alpha value is -3.84. The second-order valence-corrected chi connectivity index (χ2v) is 8.15. The topological polar surface area (TPSA) is 9.23 Å². The van der Waals surface area contributed by atoms with Gasteiger partial charge in [-0.25, -0.2) is 26.3 Å². The molecule has 0 fully saturated rings. The minimum absolute atomic E-state index is 0.144. The molecular formula is C27H16F8O. The molecule has 0 bridgehead atoms. The van der Waals surface area contributed by atoms with Gasteiger partial charge in [-0.1, -0.05) is 47.7 Å². The summed E-state index contributed by atoms with van der Waals surface area (Å²) in [6, 6.07) is 11.3. The third-order valence-electron chi connectivity index (χ3n) is 5.53. The van der Waals surface area contributed by atoms with Gasteiger partial charge in [0.05, 0.1) is 0 Å². The zero-order valence-electron chi connectivity index (χ0n) is 18.5. The summed E-state index contributed by atoms with van der Waals surface area (Å²) >= 11 is 0. The van der Waals surface area contributed by atoms with Crippen molar-refractivity contribution in [1.82, 2.24) is 0 Å². The highest BCUT2D eigenvalue weighted by atomic mass is 19.3. The third kappa shape index (κ3) is 5.21. The molecule has 9 heteroatoms. The largest absolute Gasteiger partial charge is 0.432 e. The summed E-state index contributed by atoms with van der Waals surface area (Å²) in [5, 5.41) is 0. The molecule has 3 aromatic carbocycles. The first-order valence-electron chi connectivity index (χ1n) is 10.6. The minimum Gasteiger partial charge on any atom is -0.432 e. The number of benzene rings is 3. The molecule has 0 amide bonds. The number of ether oxygens (including phenoxy) is 1. The fourth-order valence-electron chi connectivity index (χ4n) is 3.65. The van der Waals surface area contributed by atoms with E-state index in [0.29, 0.717) is 17.2 Å². The predicted molar refractivity (Wildman–Crippen MR) is 117 cm³/mol. The number of allylic oxidation sites excluding steroid dienone is 2. The molecular weight excluding hydrogens is 492 g/mol. The Morgan fingerprint density at radius 3 is 2.03 bits per heavy atom. The van der Waals surface area contributed by atoms with Gasteiger partial charge in [-0.3, -0.25) is 0 Å². The van der Waals surface area contributed by atoms with Crippen LogP contribution in [0.2, 0.25) is 0 Å². The van der Waals surface area contributed by atoms with Crippen molar-refractivity contribution in [1.29, 1.82) is 0 Å². The summed E-state index contributed by atoms with van der Waals surface area (Å²) in [5.74, 6) is -13.0. The van der Waals surface area contributed by atoms with Gasteiger partial charge in [-0.15, -0.1) is 0 Å². The van der Waals surface area contributed by atoms with Crippen molar-refractivity contribution < 1.29 is 39.9 Å². The molecule has 1 aliphatic carbocycles. The van der Waals surface area contributed by atoms with Gasteiger partial charge in [0.2, 0.25) is 0 Å². The molecule has 0 saturated heterocycles. The Kier molecular flexibility index (Phi) is 6.78. The van der Waals surface area contributed by atoms with E-state index in [-0.39, 0.29) is 17.7 Å². The molecule has 1 aliphatic rings. The minimum atomic E-state index is -4.51. The van der Waals surface area contributed by atoms with Crippen molar-refractivity contribution in [3.8, 4) is 16.9 Å². The van der Waals surface area contributed by atoms with Crippen LogP contribution in [0.1, 0.15) is 17.5 Å². The number of alkyl halides is 2. The van der Waals surface area contributed by atoms with E-state index in [1.54, 1.807) is 12.1 Å². The highest BCUT2D eigenvalue weighted by Gasteiger charge is 2.47. The van der Waals surface area contributed by atoms with Crippen molar-refractivity contribution in [3.05, 3.63) is 112 Å². The summed E-state index contributed by atoms with van der Waals surface area (Å²) in [6.45, 7) is 1.88. The molecule has 0 radical (unpaired) electrons. The second kappa shape index (κ2) is 9.66. The Bertz CT molecular complexity index is 1390. The first-order valence-corrected chi connectivity index (χ1v) is 10.6. The molecule has 36 heavy (non-hydrogen) atoms. The maximum absolute atomic E-state index is 14.9. The summed E-state index contributed by atoms with van der Waals surface area (Å²) in [6.07, 6.45) is -5.27. The van der Waals surface area contributed by atoms with Crippen LogP contribution in [-0.2, 0) is 0 Å². The quantitative estimate of drug-likeness (QED) is 0.191. The van der Waals surface area contributed by atoms with Crippen molar-refractivity contribution in [2.24, 2.45) is 5.92 Å². The fourth-order valence-corrected chi connectivity index (χ4v) is 3.65. The van der Waals surface area contributed by atoms with Crippen LogP contribution >= 0.6 is 0 Å². The van der Waals surface area contributed by atoms with Crippen LogP contribution in [0.15, 0.2) is 78.1 Å². The average molecular weight is 508 g/mol. The Balaban J connectivity index is 1.64. The van der Waals surface area contributed by atoms with E-state index in [0.717, 1.165) is 11.6 Å². The SMILES string of the molecule is Cc1ccc(-c2ccc(C3=C=C(F)CC(C(F)(F)Oc4cc(F)c(F)c(F)c4)C(F)=C3)c(F)c2)cc1. The van der Waals surface area contributed by atoms with Crippen LogP contribution < -0.4 is 4.74 Å². The molecule has 3 aromatic rings. The van der Waals surface area contributed by atoms with E-state index in [9.17, 15) is 35.1 Å². The molecule has 0 heterocycles. The zero-order chi connectivity index (χ0) is 26.2. The highest BCUT2D eigenvalue weighted by molar-refractivity contribution is 5.77. The van der Waals surface area contributed by atoms with E-state index in [4.69, 9.17) is 0 Å². The number of hydrogen-bond donors (Lipinski definition) is 0. The van der Waals surface area contributed by atoms with Gasteiger partial charge >= 0.3 is 6.11 Å². The van der Waals surface area contributed by atoms with E-state index in [1.165, 1.54) is 12.1 Å². The van der Waals surface area contributed by atoms with Gasteiger partial charge in [-0.05, 0) is 30.2 Å². The lowest BCUT2D eigenvalue weighted by Gasteiger charge is -2.25. The number of hydrogen-bond acceptors (Lipinski definition) is 1. The van der Waals surface area contributed by atoms with Gasteiger partial charge in [0.15, 0.2) is 17.5 Å². The van der Waals surface area contributed by atoms with Gasteiger partial charge in [-0.2, -0.15) is 8.78 Å². The van der Waals surface area contributed by atoms with Crippen LogP contribution in [0.25, 0.3) is 16.7 Å². The molecule has 4 rings (SSSR count). The van der Waals surface area contributed by atoms with E-state index in [2.05, 4.69) is 10.5 Å². The first-order chi connectivity index (χ1) is 16.9. The van der Waals surface area contributed by atoms with Crippen molar-refractivity contribution in [3.63, 3.8) is 0 Å².